The van der Waals surface area contributed by atoms with Crippen LogP contribution in [0.1, 0.15) is 51.5 Å². The van der Waals surface area contributed by atoms with Crippen LogP contribution in [0.25, 0.3) is 5.70 Å². The molecule has 2 bridgehead atoms. The van der Waals surface area contributed by atoms with Gasteiger partial charge in [-0.2, -0.15) is 0 Å². The minimum atomic E-state index is 0.771. The summed E-state index contributed by atoms with van der Waals surface area (Å²) in [6.07, 6.45) is 8.67. The first-order chi connectivity index (χ1) is 10.3. The van der Waals surface area contributed by atoms with Crippen LogP contribution < -0.4 is 5.32 Å². The second-order valence-electron chi connectivity index (χ2n) is 6.92. The number of hydrogen-bond acceptors (Lipinski definition) is 2. The lowest BCUT2D eigenvalue weighted by Gasteiger charge is -2.29. The smallest absolute Gasteiger partial charge is 0.233 e. The highest BCUT2D eigenvalue weighted by Gasteiger charge is 2.47. The van der Waals surface area contributed by atoms with E-state index >= 15 is 0 Å². The Kier molecular flexibility index (Phi) is 3.26. The van der Waals surface area contributed by atoms with E-state index in [1.54, 1.807) is 11.3 Å². The first kappa shape index (κ1) is 13.3. The van der Waals surface area contributed by atoms with Gasteiger partial charge in [0.2, 0.25) is 5.82 Å². The summed E-state index contributed by atoms with van der Waals surface area (Å²) in [7, 11) is 0. The molecular weight excluding hydrogens is 258 g/mol. The molecule has 3 atom stereocenters. The predicted molar refractivity (Wildman–Crippen MR) is 84.9 cm³/mol. The molecule has 1 aromatic heterocycles. The van der Waals surface area contributed by atoms with Gasteiger partial charge in [0.05, 0.1) is 17.8 Å². The van der Waals surface area contributed by atoms with Gasteiger partial charge in [-0.3, -0.25) is 5.32 Å². The number of allylic oxidation sites excluding steroid dienone is 1. The van der Waals surface area contributed by atoms with E-state index < -0.39 is 0 Å². The van der Waals surface area contributed by atoms with Gasteiger partial charge in [0.15, 0.2) is 0 Å². The van der Waals surface area contributed by atoms with Gasteiger partial charge in [-0.1, -0.05) is 6.92 Å². The molecule has 2 N–H and O–H groups in total. The van der Waals surface area contributed by atoms with Gasteiger partial charge in [0.25, 0.3) is 0 Å². The number of hydrogen-bond donors (Lipinski definition) is 1. The molecule has 3 nitrogen and oxygen atoms in total. The van der Waals surface area contributed by atoms with E-state index in [-0.39, 0.29) is 0 Å². The summed E-state index contributed by atoms with van der Waals surface area (Å²) in [5, 5.41) is 2.28. The highest BCUT2D eigenvalue weighted by molar-refractivity contribution is 5.75. The molecule has 3 unspecified atom stereocenters. The van der Waals surface area contributed by atoms with Crippen molar-refractivity contribution in [3.63, 3.8) is 0 Å². The van der Waals surface area contributed by atoms with Crippen LogP contribution in [0.3, 0.4) is 0 Å². The maximum absolute atomic E-state index is 4.64. The fourth-order valence-electron chi connectivity index (χ4n) is 4.42. The zero-order chi connectivity index (χ0) is 14.4. The number of pyridine rings is 1. The van der Waals surface area contributed by atoms with Crippen LogP contribution in [0.4, 0.5) is 5.82 Å². The molecule has 0 spiro atoms. The molecule has 3 heterocycles. The number of fused-ring (bicyclic) bond motifs is 2. The summed E-state index contributed by atoms with van der Waals surface area (Å²) >= 11 is 0. The number of nitrogens with two attached hydrogens (primary N) is 1. The van der Waals surface area contributed by atoms with Crippen molar-refractivity contribution in [2.45, 2.75) is 58.0 Å². The van der Waals surface area contributed by atoms with E-state index in [2.05, 4.69) is 41.2 Å². The van der Waals surface area contributed by atoms with Crippen LogP contribution in [0.2, 0.25) is 0 Å². The molecule has 3 heteroatoms. The van der Waals surface area contributed by atoms with Gasteiger partial charge in [0.1, 0.15) is 0 Å². The normalized spacial score (nSPS) is 30.1. The van der Waals surface area contributed by atoms with Crippen molar-refractivity contribution in [1.82, 2.24) is 9.88 Å². The predicted octanol–water partition coefficient (Wildman–Crippen LogP) is 2.67. The van der Waals surface area contributed by atoms with Crippen molar-refractivity contribution in [2.75, 3.05) is 6.54 Å². The van der Waals surface area contributed by atoms with E-state index in [1.165, 1.54) is 43.5 Å². The standard InChI is InChI=1S/C18H25N3/c1-3-19-18-15(5-4-10-20-18)17(13-6-7-13)21-14-8-9-16(21)12(2)11-14/h4-5,10,12,14,16H,3,6-9,11H2,1-2H3,(H,19,20)/p+1. The van der Waals surface area contributed by atoms with Crippen molar-refractivity contribution in [3.8, 4) is 0 Å². The van der Waals surface area contributed by atoms with Gasteiger partial charge in [0, 0.05) is 18.3 Å². The Labute approximate surface area is 127 Å². The number of rotatable bonds is 4. The summed E-state index contributed by atoms with van der Waals surface area (Å²) in [6, 6.07) is 5.94. The molecule has 3 aliphatic rings. The second-order valence-corrected chi connectivity index (χ2v) is 6.92. The number of quaternary nitrogens is 1. The number of nitrogens with zero attached hydrogens (tertiary/aromatic N) is 2. The highest BCUT2D eigenvalue weighted by Crippen LogP contribution is 2.50. The lowest BCUT2D eigenvalue weighted by Crippen LogP contribution is -2.78. The third-order valence-electron chi connectivity index (χ3n) is 5.43. The van der Waals surface area contributed by atoms with E-state index in [0.717, 1.165) is 24.5 Å². The van der Waals surface area contributed by atoms with Crippen LogP contribution in [-0.4, -0.2) is 28.5 Å². The third kappa shape index (κ3) is 2.18. The van der Waals surface area contributed by atoms with Gasteiger partial charge in [-0.05, 0) is 62.7 Å². The minimum Gasteiger partial charge on any atom is -0.365 e. The zero-order valence-corrected chi connectivity index (χ0v) is 13.2. The quantitative estimate of drug-likeness (QED) is 0.922. The first-order valence-electron chi connectivity index (χ1n) is 8.58. The molecule has 2 aliphatic heterocycles. The lowest BCUT2D eigenvalue weighted by atomic mass is 9.91. The van der Waals surface area contributed by atoms with Crippen LogP contribution in [0.5, 0.6) is 0 Å². The largest absolute Gasteiger partial charge is 0.365 e. The van der Waals surface area contributed by atoms with Gasteiger partial charge >= 0.3 is 0 Å². The van der Waals surface area contributed by atoms with Gasteiger partial charge in [-0.25, -0.2) is 4.98 Å². The van der Waals surface area contributed by atoms with E-state index in [9.17, 15) is 0 Å². The molecular formula is C18H26N3+. The molecule has 1 aliphatic carbocycles. The molecule has 1 saturated carbocycles. The molecule has 0 radical (unpaired) electrons. The maximum atomic E-state index is 4.64. The minimum absolute atomic E-state index is 0.771. The summed E-state index contributed by atoms with van der Waals surface area (Å²) in [5.74, 6) is 2.04. The molecule has 3 fully saturated rings. The molecule has 2 saturated heterocycles. The third-order valence-corrected chi connectivity index (χ3v) is 5.43. The summed E-state index contributed by atoms with van der Waals surface area (Å²) in [6.45, 7) is 5.69. The highest BCUT2D eigenvalue weighted by atomic mass is 15.3. The van der Waals surface area contributed by atoms with E-state index in [0.29, 0.717) is 0 Å². The number of aromatic nitrogens is 1. The Morgan fingerprint density at radius 2 is 2.24 bits per heavy atom. The van der Waals surface area contributed by atoms with Crippen LogP contribution in [0, 0.1) is 5.92 Å². The van der Waals surface area contributed by atoms with Crippen LogP contribution in [-0.2, 0) is 0 Å². The molecule has 112 valence electrons. The fourth-order valence-corrected chi connectivity index (χ4v) is 4.42. The second kappa shape index (κ2) is 5.13. The molecule has 0 amide bonds. The summed E-state index contributed by atoms with van der Waals surface area (Å²) in [4.78, 5) is 7.43. The first-order valence-corrected chi connectivity index (χ1v) is 8.58. The van der Waals surface area contributed by atoms with Crippen LogP contribution in [0.15, 0.2) is 23.9 Å². The topological polar surface area (TPSA) is 32.7 Å². The molecule has 4 rings (SSSR count). The summed E-state index contributed by atoms with van der Waals surface area (Å²) < 4.78 is 0. The monoisotopic (exact) mass is 284 g/mol. The maximum Gasteiger partial charge on any atom is 0.233 e. The average Bonchev–Trinajstić information content (AvgIpc) is 3.18. The Bertz CT molecular complexity index is 572. The van der Waals surface area contributed by atoms with Crippen molar-refractivity contribution in [1.29, 1.82) is 0 Å². The Balaban J connectivity index is 1.76. The zero-order valence-electron chi connectivity index (χ0n) is 13.2. The Morgan fingerprint density at radius 1 is 1.38 bits per heavy atom. The SMILES string of the molecule is CC[NH2+]c1ncccc1C(=C1CC1)N1C2CCC1C(C)C2. The van der Waals surface area contributed by atoms with Crippen molar-refractivity contribution in [3.05, 3.63) is 29.5 Å². The van der Waals surface area contributed by atoms with E-state index in [1.807, 2.05) is 6.20 Å². The van der Waals surface area contributed by atoms with Crippen molar-refractivity contribution < 1.29 is 5.32 Å². The molecule has 21 heavy (non-hydrogen) atoms. The van der Waals surface area contributed by atoms with Crippen molar-refractivity contribution in [2.24, 2.45) is 5.92 Å². The molecule has 1 aromatic rings. The van der Waals surface area contributed by atoms with Crippen LogP contribution >= 0.6 is 0 Å². The van der Waals surface area contributed by atoms with E-state index in [4.69, 9.17) is 0 Å². The van der Waals surface area contributed by atoms with Crippen molar-refractivity contribution >= 4 is 11.5 Å². The fraction of sp³-hybridized carbons (Fsp3) is 0.611. The Morgan fingerprint density at radius 3 is 2.86 bits per heavy atom. The Hall–Kier alpha value is -1.35. The summed E-state index contributed by atoms with van der Waals surface area (Å²) in [5.41, 5.74) is 4.61. The molecule has 0 aromatic carbocycles. The van der Waals surface area contributed by atoms with Gasteiger partial charge < -0.3 is 4.90 Å². The average molecular weight is 284 g/mol. The lowest BCUT2D eigenvalue weighted by molar-refractivity contribution is -0.571. The van der Waals surface area contributed by atoms with Gasteiger partial charge in [-0.15, -0.1) is 0 Å².